The minimum Gasteiger partial charge on any atom is -0.497 e. The van der Waals surface area contributed by atoms with Crippen molar-refractivity contribution in [1.29, 1.82) is 0 Å². The quantitative estimate of drug-likeness (QED) is 0.632. The summed E-state index contributed by atoms with van der Waals surface area (Å²) in [5, 5.41) is 3.56. The Labute approximate surface area is 172 Å². The molecule has 1 aliphatic heterocycles. The number of methoxy groups -OCH3 is 2. The van der Waals surface area contributed by atoms with Gasteiger partial charge >= 0.3 is 0 Å². The zero-order valence-electron chi connectivity index (χ0n) is 17.0. The van der Waals surface area contributed by atoms with Gasteiger partial charge in [-0.05, 0) is 52.9 Å². The van der Waals surface area contributed by atoms with Crippen LogP contribution in [-0.4, -0.2) is 27.4 Å². The molecule has 0 spiro atoms. The molecule has 4 rings (SSSR count). The highest BCUT2D eigenvalue weighted by molar-refractivity contribution is 5.64. The van der Waals surface area contributed by atoms with E-state index in [1.165, 1.54) is 27.8 Å². The number of hydrogen-bond acceptors (Lipinski definition) is 4. The normalized spacial score (nSPS) is 15.6. The van der Waals surface area contributed by atoms with Crippen LogP contribution in [0.25, 0.3) is 11.1 Å². The highest BCUT2D eigenvalue weighted by atomic mass is 16.5. The monoisotopic (exact) mass is 389 g/mol. The molecule has 0 aliphatic carbocycles. The van der Waals surface area contributed by atoms with E-state index in [4.69, 9.17) is 14.2 Å². The Morgan fingerprint density at radius 3 is 2.55 bits per heavy atom. The van der Waals surface area contributed by atoms with Crippen molar-refractivity contribution < 1.29 is 14.2 Å². The van der Waals surface area contributed by atoms with Crippen LogP contribution in [0.4, 0.5) is 0 Å². The maximum absolute atomic E-state index is 6.05. The van der Waals surface area contributed by atoms with E-state index in [2.05, 4.69) is 53.8 Å². The summed E-state index contributed by atoms with van der Waals surface area (Å²) in [4.78, 5) is 0. The second-order valence-electron chi connectivity index (χ2n) is 7.20. The second kappa shape index (κ2) is 9.12. The lowest BCUT2D eigenvalue weighted by molar-refractivity contribution is 0.0404. The van der Waals surface area contributed by atoms with Crippen molar-refractivity contribution in [2.24, 2.45) is 0 Å². The number of benzene rings is 3. The zero-order chi connectivity index (χ0) is 20.1. The zero-order valence-corrected chi connectivity index (χ0v) is 17.0. The standard InChI is InChI=1S/C25H27NO3/c1-27-22-11-9-19(10-12-22)21-7-3-5-18(15-21)16-26-17-24-25-20(13-14-29-24)6-4-8-23(25)28-2/h3-12,15,24,26H,13-14,16-17H2,1-2H3. The van der Waals surface area contributed by atoms with Gasteiger partial charge in [-0.25, -0.2) is 0 Å². The fourth-order valence-electron chi connectivity index (χ4n) is 3.90. The maximum Gasteiger partial charge on any atom is 0.124 e. The van der Waals surface area contributed by atoms with Crippen molar-refractivity contribution in [1.82, 2.24) is 5.32 Å². The molecule has 0 saturated heterocycles. The second-order valence-corrected chi connectivity index (χ2v) is 7.20. The molecule has 1 unspecified atom stereocenters. The summed E-state index contributed by atoms with van der Waals surface area (Å²) in [7, 11) is 3.41. The Kier molecular flexibility index (Phi) is 6.13. The molecule has 4 heteroatoms. The van der Waals surface area contributed by atoms with Gasteiger partial charge in [-0.15, -0.1) is 0 Å². The van der Waals surface area contributed by atoms with Crippen LogP contribution in [0.15, 0.2) is 66.7 Å². The molecule has 0 radical (unpaired) electrons. The average Bonchev–Trinajstić information content (AvgIpc) is 2.79. The van der Waals surface area contributed by atoms with Gasteiger partial charge < -0.3 is 19.5 Å². The molecule has 1 N–H and O–H groups in total. The minimum absolute atomic E-state index is 0.0136. The van der Waals surface area contributed by atoms with Gasteiger partial charge in [0.15, 0.2) is 0 Å². The van der Waals surface area contributed by atoms with Gasteiger partial charge in [0, 0.05) is 18.7 Å². The van der Waals surface area contributed by atoms with Crippen LogP contribution in [0.2, 0.25) is 0 Å². The third-order valence-electron chi connectivity index (χ3n) is 5.40. The smallest absolute Gasteiger partial charge is 0.124 e. The number of nitrogens with one attached hydrogen (secondary N) is 1. The minimum atomic E-state index is 0.0136. The first-order valence-corrected chi connectivity index (χ1v) is 10.00. The van der Waals surface area contributed by atoms with Crippen LogP contribution in [0.3, 0.4) is 0 Å². The molecule has 1 heterocycles. The van der Waals surface area contributed by atoms with Crippen LogP contribution >= 0.6 is 0 Å². The number of rotatable bonds is 7. The molecular weight excluding hydrogens is 362 g/mol. The van der Waals surface area contributed by atoms with Crippen molar-refractivity contribution >= 4 is 0 Å². The van der Waals surface area contributed by atoms with Gasteiger partial charge in [0.05, 0.1) is 26.9 Å². The van der Waals surface area contributed by atoms with Gasteiger partial charge in [-0.2, -0.15) is 0 Å². The summed E-state index contributed by atoms with van der Waals surface area (Å²) in [5.41, 5.74) is 6.13. The Morgan fingerprint density at radius 2 is 1.76 bits per heavy atom. The molecular formula is C25H27NO3. The first kappa shape index (κ1) is 19.5. The van der Waals surface area contributed by atoms with Gasteiger partial charge in [0.1, 0.15) is 11.5 Å². The van der Waals surface area contributed by atoms with Crippen LogP contribution in [0.5, 0.6) is 11.5 Å². The first-order valence-electron chi connectivity index (χ1n) is 10.00. The van der Waals surface area contributed by atoms with E-state index in [9.17, 15) is 0 Å². The average molecular weight is 389 g/mol. The molecule has 1 aliphatic rings. The Bertz CT molecular complexity index is 938. The van der Waals surface area contributed by atoms with Crippen LogP contribution in [0.1, 0.15) is 22.8 Å². The Balaban J connectivity index is 1.42. The summed E-state index contributed by atoms with van der Waals surface area (Å²) in [6, 6.07) is 23.0. The predicted octanol–water partition coefficient (Wildman–Crippen LogP) is 4.77. The lowest BCUT2D eigenvalue weighted by Crippen LogP contribution is -2.27. The summed E-state index contributed by atoms with van der Waals surface area (Å²) >= 11 is 0. The topological polar surface area (TPSA) is 39.7 Å². The van der Waals surface area contributed by atoms with Crippen molar-refractivity contribution in [2.75, 3.05) is 27.4 Å². The van der Waals surface area contributed by atoms with E-state index in [0.29, 0.717) is 0 Å². The third kappa shape index (κ3) is 4.44. The molecule has 3 aromatic carbocycles. The van der Waals surface area contributed by atoms with E-state index in [1.54, 1.807) is 14.2 Å². The molecule has 29 heavy (non-hydrogen) atoms. The van der Waals surface area contributed by atoms with Crippen molar-refractivity contribution in [3.63, 3.8) is 0 Å². The van der Waals surface area contributed by atoms with Crippen LogP contribution in [0, 0.1) is 0 Å². The van der Waals surface area contributed by atoms with Gasteiger partial charge in [0.2, 0.25) is 0 Å². The van der Waals surface area contributed by atoms with E-state index in [1.807, 2.05) is 18.2 Å². The van der Waals surface area contributed by atoms with E-state index in [0.717, 1.165) is 37.6 Å². The number of hydrogen-bond donors (Lipinski definition) is 1. The Hall–Kier alpha value is -2.82. The number of ether oxygens (including phenoxy) is 3. The molecule has 1 atom stereocenters. The summed E-state index contributed by atoms with van der Waals surface area (Å²) < 4.78 is 16.9. The predicted molar refractivity (Wildman–Crippen MR) is 116 cm³/mol. The van der Waals surface area contributed by atoms with Crippen molar-refractivity contribution in [3.05, 3.63) is 83.4 Å². The molecule has 4 nitrogen and oxygen atoms in total. The Morgan fingerprint density at radius 1 is 0.931 bits per heavy atom. The molecule has 0 saturated carbocycles. The molecule has 0 bridgehead atoms. The van der Waals surface area contributed by atoms with Crippen LogP contribution in [-0.2, 0) is 17.7 Å². The SMILES string of the molecule is COc1ccc(-c2cccc(CNCC3OCCc4cccc(OC)c43)c2)cc1. The fourth-order valence-corrected chi connectivity index (χ4v) is 3.90. The van der Waals surface area contributed by atoms with Crippen LogP contribution < -0.4 is 14.8 Å². The van der Waals surface area contributed by atoms with E-state index < -0.39 is 0 Å². The lowest BCUT2D eigenvalue weighted by Gasteiger charge is -2.28. The molecule has 0 amide bonds. The van der Waals surface area contributed by atoms with Gasteiger partial charge in [0.25, 0.3) is 0 Å². The van der Waals surface area contributed by atoms with Gasteiger partial charge in [-0.3, -0.25) is 0 Å². The molecule has 3 aromatic rings. The van der Waals surface area contributed by atoms with Gasteiger partial charge in [-0.1, -0.05) is 42.5 Å². The number of fused-ring (bicyclic) bond motifs is 1. The highest BCUT2D eigenvalue weighted by Crippen LogP contribution is 2.34. The molecule has 0 fully saturated rings. The lowest BCUT2D eigenvalue weighted by atomic mass is 9.96. The largest absolute Gasteiger partial charge is 0.497 e. The molecule has 0 aromatic heterocycles. The third-order valence-corrected chi connectivity index (χ3v) is 5.40. The summed E-state index contributed by atoms with van der Waals surface area (Å²) in [5.74, 6) is 1.78. The van der Waals surface area contributed by atoms with E-state index >= 15 is 0 Å². The fraction of sp³-hybridized carbons (Fsp3) is 0.280. The van der Waals surface area contributed by atoms with E-state index in [-0.39, 0.29) is 6.10 Å². The first-order chi connectivity index (χ1) is 14.3. The summed E-state index contributed by atoms with van der Waals surface area (Å²) in [6.07, 6.45) is 0.951. The van der Waals surface area contributed by atoms with Crippen molar-refractivity contribution in [3.8, 4) is 22.6 Å². The van der Waals surface area contributed by atoms with Crippen molar-refractivity contribution in [2.45, 2.75) is 19.1 Å². The highest BCUT2D eigenvalue weighted by Gasteiger charge is 2.24. The summed E-state index contributed by atoms with van der Waals surface area (Å²) in [6.45, 7) is 2.29. The molecule has 150 valence electrons. The maximum atomic E-state index is 6.05.